The number of benzene rings is 1. The Labute approximate surface area is 115 Å². The molecule has 0 aliphatic heterocycles. The van der Waals surface area contributed by atoms with Crippen molar-refractivity contribution in [1.29, 1.82) is 0 Å². The number of rotatable bonds is 4. The molecular weight excluding hydrogens is 270 g/mol. The molecule has 1 heterocycles. The van der Waals surface area contributed by atoms with Crippen molar-refractivity contribution in [2.24, 2.45) is 0 Å². The molecule has 0 saturated heterocycles. The van der Waals surface area contributed by atoms with E-state index in [-0.39, 0.29) is 6.04 Å². The van der Waals surface area contributed by atoms with Gasteiger partial charge in [-0.3, -0.25) is 4.98 Å². The van der Waals surface area contributed by atoms with Gasteiger partial charge in [0, 0.05) is 24.5 Å². The van der Waals surface area contributed by atoms with Gasteiger partial charge in [-0.05, 0) is 36.7 Å². The molecule has 1 aromatic heterocycles. The highest BCUT2D eigenvalue weighted by Gasteiger charge is 2.15. The predicted octanol–water partition coefficient (Wildman–Crippen LogP) is 3.52. The minimum absolute atomic E-state index is 0.157. The maximum absolute atomic E-state index is 13.7. The first kappa shape index (κ1) is 13.9. The Bertz CT molecular complexity index is 575. The molecule has 19 heavy (non-hydrogen) atoms. The van der Waals surface area contributed by atoms with E-state index in [2.05, 4.69) is 10.3 Å². The Morgan fingerprint density at radius 3 is 2.74 bits per heavy atom. The van der Waals surface area contributed by atoms with Gasteiger partial charge < -0.3 is 5.32 Å². The molecule has 1 unspecified atom stereocenters. The molecule has 0 saturated carbocycles. The summed E-state index contributed by atoms with van der Waals surface area (Å²) >= 11 is 6.07. The van der Waals surface area contributed by atoms with Crippen molar-refractivity contribution in [3.8, 4) is 0 Å². The van der Waals surface area contributed by atoms with Crippen molar-refractivity contribution in [2.75, 3.05) is 7.05 Å². The number of pyridine rings is 1. The maximum Gasteiger partial charge on any atom is 0.129 e. The van der Waals surface area contributed by atoms with Crippen molar-refractivity contribution < 1.29 is 8.78 Å². The Kier molecular flexibility index (Phi) is 4.45. The van der Waals surface area contributed by atoms with Gasteiger partial charge in [0.25, 0.3) is 0 Å². The Morgan fingerprint density at radius 2 is 2.11 bits per heavy atom. The van der Waals surface area contributed by atoms with Gasteiger partial charge in [-0.15, -0.1) is 0 Å². The average Bonchev–Trinajstić information content (AvgIpc) is 2.39. The number of hydrogen-bond acceptors (Lipinski definition) is 2. The van der Waals surface area contributed by atoms with Gasteiger partial charge in [0.1, 0.15) is 11.6 Å². The molecule has 0 bridgehead atoms. The highest BCUT2D eigenvalue weighted by atomic mass is 35.5. The van der Waals surface area contributed by atoms with Crippen LogP contribution in [0.5, 0.6) is 0 Å². The molecule has 2 nitrogen and oxygen atoms in total. The summed E-state index contributed by atoms with van der Waals surface area (Å²) in [6.45, 7) is 0. The number of hydrogen-bond donors (Lipinski definition) is 1. The van der Waals surface area contributed by atoms with Gasteiger partial charge in [0.15, 0.2) is 0 Å². The third kappa shape index (κ3) is 3.28. The van der Waals surface area contributed by atoms with Gasteiger partial charge in [-0.1, -0.05) is 17.7 Å². The monoisotopic (exact) mass is 282 g/mol. The molecule has 0 amide bonds. The van der Waals surface area contributed by atoms with E-state index in [1.165, 1.54) is 12.1 Å². The smallest absolute Gasteiger partial charge is 0.129 e. The summed E-state index contributed by atoms with van der Waals surface area (Å²) < 4.78 is 26.5. The standard InChI is InChI=1S/C14H13ClF2N2/c1-18-14(11-4-5-19-8-12(11)15)6-9-2-3-10(16)7-13(9)17/h2-5,7-8,14,18H,6H2,1H3. The fourth-order valence-corrected chi connectivity index (χ4v) is 2.19. The molecule has 1 atom stereocenters. The second kappa shape index (κ2) is 6.08. The zero-order valence-electron chi connectivity index (χ0n) is 10.3. The van der Waals surface area contributed by atoms with Crippen LogP contribution in [0.15, 0.2) is 36.7 Å². The third-order valence-corrected chi connectivity index (χ3v) is 3.28. The molecule has 1 N–H and O–H groups in total. The van der Waals surface area contributed by atoms with E-state index in [1.807, 2.05) is 0 Å². The van der Waals surface area contributed by atoms with Gasteiger partial charge in [0.05, 0.1) is 5.02 Å². The SMILES string of the molecule is CNC(Cc1ccc(F)cc1F)c1ccncc1Cl. The van der Waals surface area contributed by atoms with Crippen LogP contribution in [0.1, 0.15) is 17.2 Å². The van der Waals surface area contributed by atoms with Crippen LogP contribution < -0.4 is 5.32 Å². The molecule has 1 aromatic carbocycles. The highest BCUT2D eigenvalue weighted by molar-refractivity contribution is 6.31. The van der Waals surface area contributed by atoms with Gasteiger partial charge in [0.2, 0.25) is 0 Å². The Balaban J connectivity index is 2.27. The number of nitrogens with zero attached hydrogens (tertiary/aromatic N) is 1. The Morgan fingerprint density at radius 1 is 1.32 bits per heavy atom. The summed E-state index contributed by atoms with van der Waals surface area (Å²) in [5, 5.41) is 3.59. The summed E-state index contributed by atoms with van der Waals surface area (Å²) in [6, 6.07) is 5.21. The molecule has 2 rings (SSSR count). The quantitative estimate of drug-likeness (QED) is 0.928. The maximum atomic E-state index is 13.7. The number of nitrogens with one attached hydrogen (secondary N) is 1. The van der Waals surface area contributed by atoms with Gasteiger partial charge in [-0.2, -0.15) is 0 Å². The van der Waals surface area contributed by atoms with E-state index >= 15 is 0 Å². The van der Waals surface area contributed by atoms with Crippen LogP contribution in [0, 0.1) is 11.6 Å². The van der Waals surface area contributed by atoms with Crippen LogP contribution in [0.4, 0.5) is 8.78 Å². The van der Waals surface area contributed by atoms with E-state index in [1.54, 1.807) is 25.5 Å². The van der Waals surface area contributed by atoms with Crippen LogP contribution in [0.3, 0.4) is 0 Å². The van der Waals surface area contributed by atoms with Crippen molar-refractivity contribution in [3.63, 3.8) is 0 Å². The van der Waals surface area contributed by atoms with E-state index in [4.69, 9.17) is 11.6 Å². The lowest BCUT2D eigenvalue weighted by Crippen LogP contribution is -2.20. The summed E-state index contributed by atoms with van der Waals surface area (Å²) in [6.07, 6.45) is 3.56. The number of aromatic nitrogens is 1. The van der Waals surface area contributed by atoms with Gasteiger partial charge >= 0.3 is 0 Å². The summed E-state index contributed by atoms with van der Waals surface area (Å²) in [7, 11) is 1.77. The molecule has 0 aliphatic carbocycles. The molecule has 2 aromatic rings. The van der Waals surface area contributed by atoms with E-state index in [9.17, 15) is 8.78 Å². The summed E-state index contributed by atoms with van der Waals surface area (Å²) in [5.74, 6) is -1.13. The molecular formula is C14H13ClF2N2. The summed E-state index contributed by atoms with van der Waals surface area (Å²) in [5.41, 5.74) is 1.27. The van der Waals surface area contributed by atoms with E-state index in [0.717, 1.165) is 11.6 Å². The lowest BCUT2D eigenvalue weighted by atomic mass is 9.99. The lowest BCUT2D eigenvalue weighted by molar-refractivity contribution is 0.540. The fourth-order valence-electron chi connectivity index (χ4n) is 1.94. The first-order chi connectivity index (χ1) is 9.11. The average molecular weight is 283 g/mol. The topological polar surface area (TPSA) is 24.9 Å². The first-order valence-corrected chi connectivity index (χ1v) is 6.20. The predicted molar refractivity (Wildman–Crippen MR) is 71.1 cm³/mol. The van der Waals surface area contributed by atoms with Gasteiger partial charge in [-0.25, -0.2) is 8.78 Å². The van der Waals surface area contributed by atoms with Crippen molar-refractivity contribution in [3.05, 3.63) is 64.4 Å². The fraction of sp³-hybridized carbons (Fsp3) is 0.214. The second-order valence-electron chi connectivity index (χ2n) is 4.18. The zero-order chi connectivity index (χ0) is 13.8. The zero-order valence-corrected chi connectivity index (χ0v) is 11.1. The largest absolute Gasteiger partial charge is 0.313 e. The molecule has 5 heteroatoms. The number of halogens is 3. The molecule has 100 valence electrons. The molecule has 0 spiro atoms. The van der Waals surface area contributed by atoms with Crippen molar-refractivity contribution >= 4 is 11.6 Å². The Hall–Kier alpha value is -1.52. The van der Waals surface area contributed by atoms with Crippen LogP contribution in [-0.4, -0.2) is 12.0 Å². The molecule has 0 aliphatic rings. The minimum Gasteiger partial charge on any atom is -0.313 e. The van der Waals surface area contributed by atoms with Crippen LogP contribution in [-0.2, 0) is 6.42 Å². The third-order valence-electron chi connectivity index (χ3n) is 2.97. The normalized spacial score (nSPS) is 12.4. The minimum atomic E-state index is -0.579. The van der Waals surface area contributed by atoms with Crippen molar-refractivity contribution in [2.45, 2.75) is 12.5 Å². The molecule has 0 radical (unpaired) electrons. The first-order valence-electron chi connectivity index (χ1n) is 5.82. The van der Waals surface area contributed by atoms with Crippen LogP contribution in [0.25, 0.3) is 0 Å². The second-order valence-corrected chi connectivity index (χ2v) is 4.59. The van der Waals surface area contributed by atoms with Crippen LogP contribution >= 0.6 is 11.6 Å². The van der Waals surface area contributed by atoms with E-state index in [0.29, 0.717) is 17.0 Å². The highest BCUT2D eigenvalue weighted by Crippen LogP contribution is 2.25. The number of likely N-dealkylation sites (N-methyl/N-ethyl adjacent to an activating group) is 1. The van der Waals surface area contributed by atoms with Crippen LogP contribution in [0.2, 0.25) is 5.02 Å². The van der Waals surface area contributed by atoms with E-state index < -0.39 is 11.6 Å². The molecule has 0 fully saturated rings. The van der Waals surface area contributed by atoms with Crippen molar-refractivity contribution in [1.82, 2.24) is 10.3 Å². The summed E-state index contributed by atoms with van der Waals surface area (Å²) in [4.78, 5) is 3.91. The lowest BCUT2D eigenvalue weighted by Gasteiger charge is -2.18.